The first kappa shape index (κ1) is 19.3. The van der Waals surface area contributed by atoms with Gasteiger partial charge in [-0.1, -0.05) is 12.1 Å². The molecule has 0 unspecified atom stereocenters. The van der Waals surface area contributed by atoms with Gasteiger partial charge in [0.05, 0.1) is 22.6 Å². The van der Waals surface area contributed by atoms with Crippen molar-refractivity contribution in [2.24, 2.45) is 0 Å². The van der Waals surface area contributed by atoms with E-state index in [1.54, 1.807) is 6.07 Å². The normalized spacial score (nSPS) is 10.5. The molecule has 0 radical (unpaired) electrons. The zero-order chi connectivity index (χ0) is 20.3. The van der Waals surface area contributed by atoms with E-state index in [1.165, 1.54) is 0 Å². The van der Waals surface area contributed by atoms with Crippen molar-refractivity contribution in [1.29, 1.82) is 5.26 Å². The van der Waals surface area contributed by atoms with Crippen LogP contribution in [-0.2, 0) is 6.42 Å². The molecule has 6 heteroatoms. The van der Waals surface area contributed by atoms with Crippen LogP contribution < -0.4 is 5.32 Å². The predicted octanol–water partition coefficient (Wildman–Crippen LogP) is 3.55. The number of nitrogens with zero attached hydrogens (tertiary/aromatic N) is 3. The molecule has 0 fully saturated rings. The molecule has 0 aliphatic rings. The van der Waals surface area contributed by atoms with Gasteiger partial charge in [-0.3, -0.25) is 14.9 Å². The minimum absolute atomic E-state index is 0.122. The van der Waals surface area contributed by atoms with E-state index in [2.05, 4.69) is 26.6 Å². The quantitative estimate of drug-likeness (QED) is 0.715. The molecule has 0 atom stereocenters. The van der Waals surface area contributed by atoms with Crippen LogP contribution in [-0.4, -0.2) is 27.6 Å². The molecule has 28 heavy (non-hydrogen) atoms. The zero-order valence-corrected chi connectivity index (χ0v) is 16.6. The fourth-order valence-corrected chi connectivity index (χ4v) is 3.31. The average molecular weight is 373 g/mol. The van der Waals surface area contributed by atoms with Crippen molar-refractivity contribution in [1.82, 2.24) is 20.5 Å². The summed E-state index contributed by atoms with van der Waals surface area (Å²) < 4.78 is 0. The number of hydrogen-bond acceptors (Lipinski definition) is 4. The molecule has 1 amide bonds. The number of hydrogen-bond donors (Lipinski definition) is 2. The van der Waals surface area contributed by atoms with Gasteiger partial charge in [0.1, 0.15) is 6.07 Å². The lowest BCUT2D eigenvalue weighted by Gasteiger charge is -2.09. The Bertz CT molecular complexity index is 1030. The van der Waals surface area contributed by atoms with Gasteiger partial charge in [0.15, 0.2) is 0 Å². The van der Waals surface area contributed by atoms with Crippen LogP contribution in [0, 0.1) is 39.0 Å². The topological polar surface area (TPSA) is 94.5 Å². The number of amides is 1. The van der Waals surface area contributed by atoms with Crippen LogP contribution >= 0.6 is 0 Å². The molecule has 0 saturated carbocycles. The van der Waals surface area contributed by atoms with Crippen molar-refractivity contribution in [3.8, 4) is 17.3 Å². The Hall–Kier alpha value is -3.46. The smallest absolute Gasteiger partial charge is 0.251 e. The zero-order valence-electron chi connectivity index (χ0n) is 16.6. The Morgan fingerprint density at radius 3 is 2.61 bits per heavy atom. The third kappa shape index (κ3) is 3.94. The number of nitrogens with one attached hydrogen (secondary N) is 2. The first-order valence-electron chi connectivity index (χ1n) is 9.18. The molecule has 1 aromatic carbocycles. The fourth-order valence-electron chi connectivity index (χ4n) is 3.31. The molecule has 2 N–H and O–H groups in total. The summed E-state index contributed by atoms with van der Waals surface area (Å²) in [5, 5.41) is 19.3. The summed E-state index contributed by atoms with van der Waals surface area (Å²) >= 11 is 0. The summed E-state index contributed by atoms with van der Waals surface area (Å²) in [6.07, 6.45) is 0.731. The van der Waals surface area contributed by atoms with Crippen LogP contribution in [0.5, 0.6) is 0 Å². The maximum absolute atomic E-state index is 12.6. The van der Waals surface area contributed by atoms with Crippen LogP contribution in [0.25, 0.3) is 11.3 Å². The van der Waals surface area contributed by atoms with E-state index in [1.807, 2.05) is 52.0 Å². The highest BCUT2D eigenvalue weighted by Crippen LogP contribution is 2.22. The molecule has 0 spiro atoms. The standard InChI is InChI=1S/C22H23N5O/c1-13-10-21(25-14(2)20(13)12-23)17-6-5-7-18(11-17)22(28)24-9-8-19-15(3)26-27-16(19)4/h5-7,10-11H,8-9H2,1-4H3,(H,24,28)(H,26,27). The van der Waals surface area contributed by atoms with Crippen molar-refractivity contribution in [3.63, 3.8) is 0 Å². The predicted molar refractivity (Wildman–Crippen MR) is 108 cm³/mol. The molecule has 2 heterocycles. The number of carbonyl (C=O) groups excluding carboxylic acids is 1. The van der Waals surface area contributed by atoms with Crippen molar-refractivity contribution >= 4 is 5.91 Å². The van der Waals surface area contributed by atoms with Crippen LogP contribution in [0.3, 0.4) is 0 Å². The molecular formula is C22H23N5O. The van der Waals surface area contributed by atoms with Crippen molar-refractivity contribution < 1.29 is 4.79 Å². The summed E-state index contributed by atoms with van der Waals surface area (Å²) in [5.41, 5.74) is 7.50. The number of aromatic amines is 1. The molecule has 0 saturated heterocycles. The van der Waals surface area contributed by atoms with Gasteiger partial charge in [0, 0.05) is 23.4 Å². The van der Waals surface area contributed by atoms with E-state index in [-0.39, 0.29) is 5.91 Å². The fraction of sp³-hybridized carbons (Fsp3) is 0.273. The van der Waals surface area contributed by atoms with E-state index in [4.69, 9.17) is 0 Å². The van der Waals surface area contributed by atoms with Gasteiger partial charge in [-0.25, -0.2) is 0 Å². The van der Waals surface area contributed by atoms with Crippen molar-refractivity contribution in [2.45, 2.75) is 34.1 Å². The SMILES string of the molecule is Cc1cc(-c2cccc(C(=O)NCCc3c(C)n[nH]c3C)c2)nc(C)c1C#N. The van der Waals surface area contributed by atoms with E-state index in [0.717, 1.165) is 40.2 Å². The maximum Gasteiger partial charge on any atom is 0.251 e. The Morgan fingerprint density at radius 1 is 1.18 bits per heavy atom. The highest BCUT2D eigenvalue weighted by atomic mass is 16.1. The Morgan fingerprint density at radius 2 is 1.96 bits per heavy atom. The third-order valence-corrected chi connectivity index (χ3v) is 4.87. The lowest BCUT2D eigenvalue weighted by molar-refractivity contribution is 0.0954. The molecule has 0 aliphatic heterocycles. The number of aryl methyl sites for hydroxylation is 4. The minimum Gasteiger partial charge on any atom is -0.352 e. The van der Waals surface area contributed by atoms with Crippen molar-refractivity contribution in [2.75, 3.05) is 6.54 Å². The number of aromatic nitrogens is 3. The van der Waals surface area contributed by atoms with Gasteiger partial charge < -0.3 is 5.32 Å². The van der Waals surface area contributed by atoms with Gasteiger partial charge >= 0.3 is 0 Å². The molecule has 3 rings (SSSR count). The molecule has 0 bridgehead atoms. The van der Waals surface area contributed by atoms with Gasteiger partial charge in [-0.05, 0) is 63.4 Å². The second-order valence-corrected chi connectivity index (χ2v) is 6.90. The van der Waals surface area contributed by atoms with Crippen LogP contribution in [0.2, 0.25) is 0 Å². The number of pyridine rings is 1. The molecule has 3 aromatic rings. The van der Waals surface area contributed by atoms with E-state index in [0.29, 0.717) is 23.4 Å². The van der Waals surface area contributed by atoms with Crippen LogP contribution in [0.15, 0.2) is 30.3 Å². The van der Waals surface area contributed by atoms with Gasteiger partial charge in [0.2, 0.25) is 0 Å². The molecule has 2 aromatic heterocycles. The Kier molecular flexibility index (Phi) is 5.55. The number of carbonyl (C=O) groups is 1. The lowest BCUT2D eigenvalue weighted by atomic mass is 10.0. The summed E-state index contributed by atoms with van der Waals surface area (Å²) in [7, 11) is 0. The Balaban J connectivity index is 1.74. The van der Waals surface area contributed by atoms with Crippen molar-refractivity contribution in [3.05, 3.63) is 69.7 Å². The number of rotatable bonds is 5. The van der Waals surface area contributed by atoms with Gasteiger partial charge in [-0.15, -0.1) is 0 Å². The summed E-state index contributed by atoms with van der Waals surface area (Å²) in [6, 6.07) is 11.4. The number of benzene rings is 1. The van der Waals surface area contributed by atoms with E-state index >= 15 is 0 Å². The Labute approximate surface area is 164 Å². The average Bonchev–Trinajstić information content (AvgIpc) is 2.99. The second-order valence-electron chi connectivity index (χ2n) is 6.90. The first-order valence-corrected chi connectivity index (χ1v) is 9.18. The minimum atomic E-state index is -0.122. The van der Waals surface area contributed by atoms with E-state index < -0.39 is 0 Å². The maximum atomic E-state index is 12.6. The van der Waals surface area contributed by atoms with E-state index in [9.17, 15) is 10.1 Å². The molecule has 0 aliphatic carbocycles. The van der Waals surface area contributed by atoms with Crippen LogP contribution in [0.1, 0.15) is 44.1 Å². The highest BCUT2D eigenvalue weighted by Gasteiger charge is 2.12. The molecular weight excluding hydrogens is 350 g/mol. The number of H-pyrrole nitrogens is 1. The highest BCUT2D eigenvalue weighted by molar-refractivity contribution is 5.95. The second kappa shape index (κ2) is 8.05. The van der Waals surface area contributed by atoms with Crippen LogP contribution in [0.4, 0.5) is 0 Å². The number of nitriles is 1. The first-order chi connectivity index (χ1) is 13.4. The largest absolute Gasteiger partial charge is 0.352 e. The monoisotopic (exact) mass is 373 g/mol. The molecule has 6 nitrogen and oxygen atoms in total. The summed E-state index contributed by atoms with van der Waals surface area (Å²) in [6.45, 7) is 8.20. The summed E-state index contributed by atoms with van der Waals surface area (Å²) in [5.74, 6) is -0.122. The molecule has 142 valence electrons. The van der Waals surface area contributed by atoms with Gasteiger partial charge in [0.25, 0.3) is 5.91 Å². The summed E-state index contributed by atoms with van der Waals surface area (Å²) in [4.78, 5) is 17.1. The van der Waals surface area contributed by atoms with Gasteiger partial charge in [-0.2, -0.15) is 10.4 Å². The third-order valence-electron chi connectivity index (χ3n) is 4.87. The lowest BCUT2D eigenvalue weighted by Crippen LogP contribution is -2.25.